The fourth-order valence-corrected chi connectivity index (χ4v) is 2.97. The Labute approximate surface area is 147 Å². The maximum Gasteiger partial charge on any atom is 0.241 e. The molecule has 0 spiro atoms. The molecule has 0 saturated heterocycles. The summed E-state index contributed by atoms with van der Waals surface area (Å²) in [4.78, 5) is 20.9. The van der Waals surface area contributed by atoms with E-state index in [9.17, 15) is 4.79 Å². The number of fused-ring (bicyclic) bond motifs is 1. The number of nitrogens with zero attached hydrogens (tertiary/aromatic N) is 4. The summed E-state index contributed by atoms with van der Waals surface area (Å²) in [6.45, 7) is 3.07. The highest BCUT2D eigenvalue weighted by atomic mass is 16.5. The second kappa shape index (κ2) is 8.06. The first-order chi connectivity index (χ1) is 12.2. The van der Waals surface area contributed by atoms with E-state index >= 15 is 0 Å². The van der Waals surface area contributed by atoms with Crippen molar-refractivity contribution in [2.45, 2.75) is 39.2 Å². The van der Waals surface area contributed by atoms with E-state index in [1.807, 2.05) is 13.1 Å². The Morgan fingerprint density at radius 1 is 1.32 bits per heavy atom. The van der Waals surface area contributed by atoms with E-state index < -0.39 is 0 Å². The van der Waals surface area contributed by atoms with Gasteiger partial charge in [-0.25, -0.2) is 9.97 Å². The number of aromatic nitrogens is 4. The van der Waals surface area contributed by atoms with Crippen LogP contribution in [0.3, 0.4) is 0 Å². The van der Waals surface area contributed by atoms with Gasteiger partial charge in [-0.15, -0.1) is 0 Å². The van der Waals surface area contributed by atoms with Gasteiger partial charge >= 0.3 is 0 Å². The second-order valence-corrected chi connectivity index (χ2v) is 6.15. The molecule has 0 bridgehead atoms. The zero-order chi connectivity index (χ0) is 17.6. The first kappa shape index (κ1) is 17.3. The van der Waals surface area contributed by atoms with Gasteiger partial charge < -0.3 is 15.4 Å². The summed E-state index contributed by atoms with van der Waals surface area (Å²) in [5, 5.41) is 10.3. The van der Waals surface area contributed by atoms with E-state index in [1.54, 1.807) is 18.0 Å². The summed E-state index contributed by atoms with van der Waals surface area (Å²) < 4.78 is 6.51. The van der Waals surface area contributed by atoms with Crippen LogP contribution in [-0.2, 0) is 28.9 Å². The molecule has 134 valence electrons. The number of anilines is 2. The van der Waals surface area contributed by atoms with Gasteiger partial charge in [0, 0.05) is 31.1 Å². The van der Waals surface area contributed by atoms with Gasteiger partial charge in [-0.3, -0.25) is 9.48 Å². The van der Waals surface area contributed by atoms with E-state index in [0.29, 0.717) is 13.2 Å². The number of hydrogen-bond donors (Lipinski definition) is 2. The molecule has 2 aromatic heterocycles. The van der Waals surface area contributed by atoms with Crippen LogP contribution in [0.1, 0.15) is 29.9 Å². The van der Waals surface area contributed by atoms with Gasteiger partial charge in [0.25, 0.3) is 0 Å². The Morgan fingerprint density at radius 2 is 2.16 bits per heavy atom. The number of nitrogens with one attached hydrogen (secondary N) is 2. The fourth-order valence-electron chi connectivity index (χ4n) is 2.97. The molecule has 1 aliphatic carbocycles. The highest BCUT2D eigenvalue weighted by Crippen LogP contribution is 2.27. The Hall–Kier alpha value is -2.48. The van der Waals surface area contributed by atoms with E-state index in [2.05, 4.69) is 25.7 Å². The van der Waals surface area contributed by atoms with Crippen molar-refractivity contribution in [2.24, 2.45) is 0 Å². The Kier molecular flexibility index (Phi) is 5.60. The van der Waals surface area contributed by atoms with E-state index in [-0.39, 0.29) is 12.5 Å². The number of carbonyl (C=O) groups excluding carboxylic acids is 1. The lowest BCUT2D eigenvalue weighted by molar-refractivity contribution is -0.122. The van der Waals surface area contributed by atoms with Gasteiger partial charge in [-0.2, -0.15) is 5.10 Å². The summed E-state index contributed by atoms with van der Waals surface area (Å²) >= 11 is 0. The van der Waals surface area contributed by atoms with Crippen LogP contribution in [0.4, 0.5) is 11.5 Å². The maximum atomic E-state index is 11.8. The smallest absolute Gasteiger partial charge is 0.241 e. The van der Waals surface area contributed by atoms with Gasteiger partial charge in [0.15, 0.2) is 0 Å². The first-order valence-corrected chi connectivity index (χ1v) is 8.57. The number of aryl methyl sites for hydroxylation is 2. The molecule has 8 nitrogen and oxygen atoms in total. The third kappa shape index (κ3) is 4.54. The van der Waals surface area contributed by atoms with Crippen molar-refractivity contribution in [3.05, 3.63) is 29.5 Å². The number of methoxy groups -OCH3 is 1. The third-order valence-corrected chi connectivity index (χ3v) is 4.12. The monoisotopic (exact) mass is 344 g/mol. The standard InChI is InChI=1S/C17H24N6O2/c1-12-20-15-6-4-3-5-14(15)17(21-12)22-13-9-19-23(10-13)11-16(24)18-7-8-25-2/h9-10H,3-8,11H2,1-2H3,(H,18,24)(H,20,21,22). The first-order valence-electron chi connectivity index (χ1n) is 8.57. The van der Waals surface area contributed by atoms with Crippen molar-refractivity contribution in [1.29, 1.82) is 0 Å². The van der Waals surface area contributed by atoms with Crippen LogP contribution in [0.25, 0.3) is 0 Å². The molecular weight excluding hydrogens is 320 g/mol. The zero-order valence-corrected chi connectivity index (χ0v) is 14.7. The van der Waals surface area contributed by atoms with Crippen LogP contribution in [0, 0.1) is 6.92 Å². The van der Waals surface area contributed by atoms with Gasteiger partial charge in [-0.05, 0) is 32.6 Å². The third-order valence-electron chi connectivity index (χ3n) is 4.12. The molecule has 2 heterocycles. The molecule has 0 atom stereocenters. The number of hydrogen-bond acceptors (Lipinski definition) is 6. The number of carbonyl (C=O) groups is 1. The minimum atomic E-state index is -0.0954. The van der Waals surface area contributed by atoms with Gasteiger partial charge in [-0.1, -0.05) is 0 Å². The van der Waals surface area contributed by atoms with Crippen molar-refractivity contribution in [3.8, 4) is 0 Å². The second-order valence-electron chi connectivity index (χ2n) is 6.15. The summed E-state index contributed by atoms with van der Waals surface area (Å²) in [5.74, 6) is 1.53. The molecule has 0 saturated carbocycles. The average molecular weight is 344 g/mol. The molecule has 1 amide bonds. The minimum absolute atomic E-state index is 0.0954. The summed E-state index contributed by atoms with van der Waals surface area (Å²) in [7, 11) is 1.60. The molecule has 0 radical (unpaired) electrons. The maximum absolute atomic E-state index is 11.8. The highest BCUT2D eigenvalue weighted by Gasteiger charge is 2.17. The zero-order valence-electron chi connectivity index (χ0n) is 14.7. The van der Waals surface area contributed by atoms with E-state index in [4.69, 9.17) is 4.74 Å². The SMILES string of the molecule is COCCNC(=O)Cn1cc(Nc2nc(C)nc3c2CCCC3)cn1. The van der Waals surface area contributed by atoms with Gasteiger partial charge in [0.05, 0.1) is 18.5 Å². The summed E-state index contributed by atoms with van der Waals surface area (Å²) in [6, 6.07) is 0. The molecule has 25 heavy (non-hydrogen) atoms. The van der Waals surface area contributed by atoms with Crippen LogP contribution < -0.4 is 10.6 Å². The van der Waals surface area contributed by atoms with Crippen molar-refractivity contribution < 1.29 is 9.53 Å². The lowest BCUT2D eigenvalue weighted by atomic mass is 9.96. The Balaban J connectivity index is 1.66. The predicted molar refractivity (Wildman–Crippen MR) is 93.8 cm³/mol. The van der Waals surface area contributed by atoms with Crippen LogP contribution in [0.2, 0.25) is 0 Å². The molecular formula is C17H24N6O2. The van der Waals surface area contributed by atoms with E-state index in [1.165, 1.54) is 12.0 Å². The molecule has 8 heteroatoms. The number of rotatable bonds is 7. The normalized spacial score (nSPS) is 13.4. The quantitative estimate of drug-likeness (QED) is 0.737. The summed E-state index contributed by atoms with van der Waals surface area (Å²) in [5.41, 5.74) is 3.16. The molecule has 0 aliphatic heterocycles. The molecule has 3 rings (SSSR count). The molecule has 1 aliphatic rings. The topological polar surface area (TPSA) is 94.0 Å². The Bertz CT molecular complexity index is 743. The van der Waals surface area contributed by atoms with Crippen LogP contribution in [0.15, 0.2) is 12.4 Å². The largest absolute Gasteiger partial charge is 0.383 e. The van der Waals surface area contributed by atoms with Crippen molar-refractivity contribution >= 4 is 17.4 Å². The van der Waals surface area contributed by atoms with Crippen LogP contribution in [0.5, 0.6) is 0 Å². The fraction of sp³-hybridized carbons (Fsp3) is 0.529. The Morgan fingerprint density at radius 3 is 3.00 bits per heavy atom. The predicted octanol–water partition coefficient (Wildman–Crippen LogP) is 1.37. The minimum Gasteiger partial charge on any atom is -0.383 e. The van der Waals surface area contributed by atoms with Crippen molar-refractivity contribution in [1.82, 2.24) is 25.1 Å². The molecule has 0 unspecified atom stereocenters. The van der Waals surface area contributed by atoms with Crippen molar-refractivity contribution in [2.75, 3.05) is 25.6 Å². The van der Waals surface area contributed by atoms with Gasteiger partial charge in [0.1, 0.15) is 18.2 Å². The van der Waals surface area contributed by atoms with Crippen LogP contribution >= 0.6 is 0 Å². The molecule has 0 aromatic carbocycles. The lowest BCUT2D eigenvalue weighted by Gasteiger charge is -2.18. The van der Waals surface area contributed by atoms with Gasteiger partial charge in [0.2, 0.25) is 5.91 Å². The molecule has 2 N–H and O–H groups in total. The number of ether oxygens (including phenoxy) is 1. The summed E-state index contributed by atoms with van der Waals surface area (Å²) in [6.07, 6.45) is 7.86. The lowest BCUT2D eigenvalue weighted by Crippen LogP contribution is -2.30. The molecule has 2 aromatic rings. The van der Waals surface area contributed by atoms with Crippen molar-refractivity contribution in [3.63, 3.8) is 0 Å². The molecule has 0 fully saturated rings. The van der Waals surface area contributed by atoms with Crippen LogP contribution in [-0.4, -0.2) is 45.9 Å². The highest BCUT2D eigenvalue weighted by molar-refractivity contribution is 5.75. The van der Waals surface area contributed by atoms with E-state index in [0.717, 1.165) is 42.3 Å². The average Bonchev–Trinajstić information content (AvgIpc) is 3.02. The number of amides is 1.